The van der Waals surface area contributed by atoms with Crippen LogP contribution in [-0.4, -0.2) is 4.98 Å². The summed E-state index contributed by atoms with van der Waals surface area (Å²) in [5.41, 5.74) is 6.83. The SMILES string of the molecule is [2H]C([2H])([2H])c1c[n+](C)c(-c2c(C)ccc3c2oc2c3ccc3c4ccncc4oc32)cc1C. The van der Waals surface area contributed by atoms with Crippen molar-refractivity contribution in [1.29, 1.82) is 0 Å². The maximum Gasteiger partial charge on any atom is 0.216 e. The van der Waals surface area contributed by atoms with E-state index < -0.39 is 6.85 Å². The van der Waals surface area contributed by atoms with Gasteiger partial charge in [-0.2, -0.15) is 0 Å². The number of aromatic nitrogens is 2. The third-order valence-corrected chi connectivity index (χ3v) is 6.00. The summed E-state index contributed by atoms with van der Waals surface area (Å²) in [6, 6.07) is 12.2. The van der Waals surface area contributed by atoms with Crippen molar-refractivity contribution in [1.82, 2.24) is 4.98 Å². The van der Waals surface area contributed by atoms with Crippen LogP contribution in [-0.2, 0) is 7.05 Å². The van der Waals surface area contributed by atoms with Gasteiger partial charge in [0.2, 0.25) is 5.69 Å². The van der Waals surface area contributed by atoms with Gasteiger partial charge in [-0.15, -0.1) is 0 Å². The molecule has 4 heterocycles. The molecule has 30 heavy (non-hydrogen) atoms. The van der Waals surface area contributed by atoms with Crippen LogP contribution in [0.5, 0.6) is 0 Å². The van der Waals surface area contributed by atoms with Gasteiger partial charge in [-0.1, -0.05) is 12.1 Å². The molecule has 4 heteroatoms. The highest BCUT2D eigenvalue weighted by atomic mass is 16.4. The van der Waals surface area contributed by atoms with Crippen LogP contribution in [0.3, 0.4) is 0 Å². The van der Waals surface area contributed by atoms with E-state index in [1.54, 1.807) is 18.6 Å². The lowest BCUT2D eigenvalue weighted by molar-refractivity contribution is -0.660. The highest BCUT2D eigenvalue weighted by molar-refractivity contribution is 6.20. The van der Waals surface area contributed by atoms with Crippen LogP contribution in [0.1, 0.15) is 20.8 Å². The molecule has 4 nitrogen and oxygen atoms in total. The maximum atomic E-state index is 7.84. The lowest BCUT2D eigenvalue weighted by atomic mass is 9.99. The Morgan fingerprint density at radius 3 is 2.40 bits per heavy atom. The molecule has 0 amide bonds. The summed E-state index contributed by atoms with van der Waals surface area (Å²) in [4.78, 5) is 4.17. The first-order valence-corrected chi connectivity index (χ1v) is 9.86. The number of hydrogen-bond acceptors (Lipinski definition) is 3. The number of nitrogens with zero attached hydrogens (tertiary/aromatic N) is 2. The molecular formula is C26H21N2O2+. The van der Waals surface area contributed by atoms with E-state index >= 15 is 0 Å². The Morgan fingerprint density at radius 1 is 0.833 bits per heavy atom. The molecule has 0 radical (unpaired) electrons. The monoisotopic (exact) mass is 396 g/mol. The zero-order chi connectivity index (χ0) is 23.1. The van der Waals surface area contributed by atoms with Crippen molar-refractivity contribution in [3.63, 3.8) is 0 Å². The highest BCUT2D eigenvalue weighted by Gasteiger charge is 2.23. The van der Waals surface area contributed by atoms with Crippen molar-refractivity contribution >= 4 is 43.9 Å². The summed E-state index contributed by atoms with van der Waals surface area (Å²) in [6.07, 6.45) is 5.17. The Bertz CT molecular complexity index is 1740. The minimum atomic E-state index is -2.16. The molecule has 0 bridgehead atoms. The lowest BCUT2D eigenvalue weighted by Crippen LogP contribution is -2.31. The highest BCUT2D eigenvalue weighted by Crippen LogP contribution is 2.41. The standard InChI is InChI=1S/C26H21N2O2/c1-14-5-6-19-20-8-7-18-17-9-10-27-12-22(17)29-25(18)26(20)30-24(19)23(14)21-11-15(2)16(3)13-28(21)4/h5-13H,1-4H3/q+1/i3D3. The third kappa shape index (κ3) is 2.22. The van der Waals surface area contributed by atoms with E-state index in [1.165, 1.54) is 0 Å². The Hall–Kier alpha value is -3.66. The third-order valence-electron chi connectivity index (χ3n) is 6.00. The molecule has 0 N–H and O–H groups in total. The zero-order valence-corrected chi connectivity index (χ0v) is 16.9. The molecule has 6 aromatic rings. The van der Waals surface area contributed by atoms with E-state index in [0.29, 0.717) is 16.7 Å². The van der Waals surface area contributed by atoms with Crippen LogP contribution in [0.25, 0.3) is 55.1 Å². The summed E-state index contributed by atoms with van der Waals surface area (Å²) in [6.45, 7) is 1.71. The number of rotatable bonds is 1. The van der Waals surface area contributed by atoms with Gasteiger partial charge in [-0.05, 0) is 50.0 Å². The molecule has 0 aliphatic heterocycles. The summed E-state index contributed by atoms with van der Waals surface area (Å²) in [5, 5.41) is 3.95. The molecule has 6 rings (SSSR count). The Kier molecular flexibility index (Phi) is 2.83. The first-order valence-electron chi connectivity index (χ1n) is 11.4. The number of hydrogen-bond donors (Lipinski definition) is 0. The molecule has 2 aromatic carbocycles. The largest absolute Gasteiger partial charge is 0.451 e. The predicted octanol–water partition coefficient (Wildman–Crippen LogP) is 6.30. The summed E-state index contributed by atoms with van der Waals surface area (Å²) in [7, 11) is 1.87. The zero-order valence-electron chi connectivity index (χ0n) is 19.9. The summed E-state index contributed by atoms with van der Waals surface area (Å²) < 4.78 is 38.0. The predicted molar refractivity (Wildman–Crippen MR) is 120 cm³/mol. The summed E-state index contributed by atoms with van der Waals surface area (Å²) >= 11 is 0. The average Bonchev–Trinajstić information content (AvgIpc) is 3.33. The number of fused-ring (bicyclic) bond motifs is 7. The molecule has 0 atom stereocenters. The van der Waals surface area contributed by atoms with Gasteiger partial charge in [0, 0.05) is 43.5 Å². The molecule has 4 aromatic heterocycles. The van der Waals surface area contributed by atoms with Gasteiger partial charge in [0.1, 0.15) is 12.6 Å². The van der Waals surface area contributed by atoms with Crippen LogP contribution in [0, 0.1) is 20.7 Å². The number of benzene rings is 2. The van der Waals surface area contributed by atoms with Crippen LogP contribution in [0.4, 0.5) is 0 Å². The molecule has 146 valence electrons. The smallest absolute Gasteiger partial charge is 0.216 e. The minimum Gasteiger partial charge on any atom is -0.451 e. The van der Waals surface area contributed by atoms with Crippen molar-refractivity contribution in [2.75, 3.05) is 0 Å². The van der Waals surface area contributed by atoms with Crippen LogP contribution in [0.2, 0.25) is 0 Å². The number of aryl methyl sites for hydroxylation is 4. The van der Waals surface area contributed by atoms with Gasteiger partial charge in [-0.25, -0.2) is 4.57 Å². The fourth-order valence-electron chi connectivity index (χ4n) is 4.40. The second-order valence-corrected chi connectivity index (χ2v) is 7.90. The molecule has 0 aliphatic carbocycles. The Balaban J connectivity index is 1.70. The Labute approximate surface area is 177 Å². The normalized spacial score (nSPS) is 13.9. The van der Waals surface area contributed by atoms with Gasteiger partial charge in [0.25, 0.3) is 0 Å². The molecule has 0 fully saturated rings. The Morgan fingerprint density at radius 2 is 1.57 bits per heavy atom. The summed E-state index contributed by atoms with van der Waals surface area (Å²) in [5.74, 6) is 0. The topological polar surface area (TPSA) is 43.0 Å². The van der Waals surface area contributed by atoms with Gasteiger partial charge in [0.05, 0.1) is 11.8 Å². The molecule has 0 spiro atoms. The van der Waals surface area contributed by atoms with E-state index in [1.807, 2.05) is 37.6 Å². The maximum absolute atomic E-state index is 7.84. The molecule has 0 saturated heterocycles. The first-order chi connectivity index (χ1) is 15.7. The fraction of sp³-hybridized carbons (Fsp3) is 0.154. The average molecular weight is 396 g/mol. The number of furan rings is 2. The van der Waals surface area contributed by atoms with Crippen molar-refractivity contribution in [2.24, 2.45) is 7.05 Å². The van der Waals surface area contributed by atoms with Crippen LogP contribution in [0.15, 0.2) is 63.8 Å². The van der Waals surface area contributed by atoms with E-state index in [4.69, 9.17) is 12.9 Å². The minimum absolute atomic E-state index is 0.348. The van der Waals surface area contributed by atoms with Crippen molar-refractivity contribution in [3.05, 3.63) is 71.7 Å². The first kappa shape index (κ1) is 14.3. The van der Waals surface area contributed by atoms with E-state index in [2.05, 4.69) is 29.2 Å². The number of pyridine rings is 2. The second kappa shape index (κ2) is 5.92. The molecule has 0 aliphatic rings. The van der Waals surface area contributed by atoms with Gasteiger partial charge in [-0.3, -0.25) is 4.98 Å². The van der Waals surface area contributed by atoms with Gasteiger partial charge < -0.3 is 8.83 Å². The lowest BCUT2D eigenvalue weighted by Gasteiger charge is -2.07. The molecule has 0 unspecified atom stereocenters. The van der Waals surface area contributed by atoms with Crippen LogP contribution < -0.4 is 4.57 Å². The fourth-order valence-corrected chi connectivity index (χ4v) is 4.40. The second-order valence-electron chi connectivity index (χ2n) is 7.90. The van der Waals surface area contributed by atoms with E-state index in [9.17, 15) is 0 Å². The van der Waals surface area contributed by atoms with Crippen molar-refractivity contribution in [3.8, 4) is 11.3 Å². The molecule has 0 saturated carbocycles. The van der Waals surface area contributed by atoms with Crippen molar-refractivity contribution in [2.45, 2.75) is 20.7 Å². The molecular weight excluding hydrogens is 372 g/mol. The van der Waals surface area contributed by atoms with Crippen LogP contribution >= 0.6 is 0 Å². The van der Waals surface area contributed by atoms with Gasteiger partial charge in [0.15, 0.2) is 22.9 Å². The quantitative estimate of drug-likeness (QED) is 0.306. The van der Waals surface area contributed by atoms with Crippen molar-refractivity contribution < 1.29 is 17.5 Å². The van der Waals surface area contributed by atoms with E-state index in [-0.39, 0.29) is 0 Å². The van der Waals surface area contributed by atoms with Gasteiger partial charge >= 0.3 is 0 Å². The van der Waals surface area contributed by atoms with E-state index in [0.717, 1.165) is 55.1 Å².